The minimum atomic E-state index is -1.46. The summed E-state index contributed by atoms with van der Waals surface area (Å²) in [6.45, 7) is 1.66. The standard InChI is InChI=1S/C27H30ClF3N2O2S/c1-35-17-4-5-24-20(13-17)19(21(28)16-33-24)3-2-7-27(8-10-32-11-9-27)25(34)6-12-36-18-14-22(29)26(31)23(30)15-18/h4-5,13-16,25,32,34H,2-3,6-12H2,1H3. The van der Waals surface area contributed by atoms with E-state index in [0.717, 1.165) is 79.5 Å². The summed E-state index contributed by atoms with van der Waals surface area (Å²) in [5.41, 5.74) is 1.63. The van der Waals surface area contributed by atoms with Gasteiger partial charge in [0.2, 0.25) is 0 Å². The summed E-state index contributed by atoms with van der Waals surface area (Å²) < 4.78 is 45.6. The molecule has 0 radical (unpaired) electrons. The Kier molecular flexibility index (Phi) is 9.04. The van der Waals surface area contributed by atoms with Crippen LogP contribution >= 0.6 is 23.4 Å². The van der Waals surface area contributed by atoms with Gasteiger partial charge in [-0.05, 0) is 92.9 Å². The van der Waals surface area contributed by atoms with Crippen LogP contribution in [-0.2, 0) is 6.42 Å². The zero-order valence-electron chi connectivity index (χ0n) is 20.1. The number of nitrogens with one attached hydrogen (secondary N) is 1. The molecule has 1 saturated heterocycles. The summed E-state index contributed by atoms with van der Waals surface area (Å²) in [5, 5.41) is 16.2. The number of aromatic nitrogens is 1. The van der Waals surface area contributed by atoms with Crippen LogP contribution in [0.4, 0.5) is 13.2 Å². The SMILES string of the molecule is COc1ccc2ncc(Cl)c(CCCC3(C(O)CCSc4cc(F)c(F)c(F)c4)CCNCC3)c2c1. The fourth-order valence-corrected chi connectivity index (χ4v) is 6.28. The number of halogens is 4. The summed E-state index contributed by atoms with van der Waals surface area (Å²) in [7, 11) is 1.63. The average molecular weight is 539 g/mol. The third kappa shape index (κ3) is 6.10. The molecule has 36 heavy (non-hydrogen) atoms. The van der Waals surface area contributed by atoms with Crippen molar-refractivity contribution < 1.29 is 23.0 Å². The van der Waals surface area contributed by atoms with Crippen molar-refractivity contribution in [3.63, 3.8) is 0 Å². The number of benzene rings is 2. The number of piperidine rings is 1. The van der Waals surface area contributed by atoms with E-state index in [2.05, 4.69) is 10.3 Å². The van der Waals surface area contributed by atoms with Crippen molar-refractivity contribution in [2.45, 2.75) is 49.5 Å². The molecule has 0 bridgehead atoms. The van der Waals surface area contributed by atoms with Crippen molar-refractivity contribution in [3.05, 3.63) is 64.6 Å². The molecule has 0 aliphatic carbocycles. The summed E-state index contributed by atoms with van der Waals surface area (Å²) in [6.07, 6.45) is 5.69. The Morgan fingerprint density at radius 2 is 1.89 bits per heavy atom. The van der Waals surface area contributed by atoms with Crippen molar-refractivity contribution in [1.82, 2.24) is 10.3 Å². The number of pyridine rings is 1. The molecule has 1 unspecified atom stereocenters. The van der Waals surface area contributed by atoms with Gasteiger partial charge in [-0.3, -0.25) is 4.98 Å². The Morgan fingerprint density at radius 1 is 1.17 bits per heavy atom. The topological polar surface area (TPSA) is 54.4 Å². The lowest BCUT2D eigenvalue weighted by Crippen LogP contribution is -2.44. The van der Waals surface area contributed by atoms with Crippen LogP contribution in [0.1, 0.15) is 37.7 Å². The normalized spacial score (nSPS) is 16.3. The summed E-state index contributed by atoms with van der Waals surface area (Å²) >= 11 is 7.75. The summed E-state index contributed by atoms with van der Waals surface area (Å²) in [5.74, 6) is -2.65. The second-order valence-electron chi connectivity index (χ2n) is 9.29. The van der Waals surface area contributed by atoms with Gasteiger partial charge in [-0.2, -0.15) is 0 Å². The van der Waals surface area contributed by atoms with Crippen LogP contribution in [0.25, 0.3) is 10.9 Å². The number of methoxy groups -OCH3 is 1. The first-order valence-corrected chi connectivity index (χ1v) is 13.5. The average Bonchev–Trinajstić information content (AvgIpc) is 2.88. The number of hydrogen-bond donors (Lipinski definition) is 2. The van der Waals surface area contributed by atoms with Crippen LogP contribution in [0, 0.1) is 22.9 Å². The van der Waals surface area contributed by atoms with Crippen LogP contribution in [-0.4, -0.2) is 42.1 Å². The van der Waals surface area contributed by atoms with Gasteiger partial charge in [0.05, 0.1) is 23.8 Å². The molecule has 2 N–H and O–H groups in total. The molecule has 1 aliphatic heterocycles. The van der Waals surface area contributed by atoms with E-state index >= 15 is 0 Å². The van der Waals surface area contributed by atoms with E-state index in [1.165, 1.54) is 11.8 Å². The van der Waals surface area contributed by atoms with Gasteiger partial charge in [0.25, 0.3) is 0 Å². The zero-order valence-corrected chi connectivity index (χ0v) is 21.7. The third-order valence-electron chi connectivity index (χ3n) is 7.16. The fourth-order valence-electron chi connectivity index (χ4n) is 5.09. The molecule has 1 aliphatic rings. The van der Waals surface area contributed by atoms with Crippen molar-refractivity contribution in [2.75, 3.05) is 26.0 Å². The van der Waals surface area contributed by atoms with Gasteiger partial charge in [0.1, 0.15) is 5.75 Å². The van der Waals surface area contributed by atoms with Gasteiger partial charge in [-0.1, -0.05) is 11.6 Å². The maximum absolute atomic E-state index is 13.5. The van der Waals surface area contributed by atoms with Crippen LogP contribution < -0.4 is 10.1 Å². The summed E-state index contributed by atoms with van der Waals surface area (Å²) in [6, 6.07) is 7.74. The van der Waals surface area contributed by atoms with Crippen LogP contribution in [0.2, 0.25) is 5.02 Å². The number of hydrogen-bond acceptors (Lipinski definition) is 5. The predicted molar refractivity (Wildman–Crippen MR) is 138 cm³/mol. The Bertz CT molecular complexity index is 1180. The predicted octanol–water partition coefficient (Wildman–Crippen LogP) is 6.55. The summed E-state index contributed by atoms with van der Waals surface area (Å²) in [4.78, 5) is 4.74. The fraction of sp³-hybridized carbons (Fsp3) is 0.444. The van der Waals surface area contributed by atoms with Crippen LogP contribution in [0.15, 0.2) is 41.4 Å². The van der Waals surface area contributed by atoms with E-state index in [4.69, 9.17) is 16.3 Å². The Labute approximate surface area is 218 Å². The number of thioether (sulfide) groups is 1. The monoisotopic (exact) mass is 538 g/mol. The molecule has 0 amide bonds. The first-order chi connectivity index (χ1) is 17.3. The van der Waals surface area contributed by atoms with E-state index in [-0.39, 0.29) is 5.41 Å². The van der Waals surface area contributed by atoms with E-state index < -0.39 is 23.6 Å². The van der Waals surface area contributed by atoms with Crippen molar-refractivity contribution >= 4 is 34.3 Å². The van der Waals surface area contributed by atoms with Crippen molar-refractivity contribution in [1.29, 1.82) is 0 Å². The maximum Gasteiger partial charge on any atom is 0.194 e. The van der Waals surface area contributed by atoms with Crippen molar-refractivity contribution in [3.8, 4) is 5.75 Å². The lowest BCUT2D eigenvalue weighted by atomic mass is 9.70. The number of aryl methyl sites for hydroxylation is 1. The largest absolute Gasteiger partial charge is 0.497 e. The first-order valence-electron chi connectivity index (χ1n) is 12.1. The van der Waals surface area contributed by atoms with Gasteiger partial charge in [0.15, 0.2) is 17.5 Å². The quantitative estimate of drug-likeness (QED) is 0.226. The molecular weight excluding hydrogens is 509 g/mol. The van der Waals surface area contributed by atoms with E-state index in [1.807, 2.05) is 18.2 Å². The van der Waals surface area contributed by atoms with Gasteiger partial charge >= 0.3 is 0 Å². The van der Waals surface area contributed by atoms with E-state index in [0.29, 0.717) is 22.1 Å². The van der Waals surface area contributed by atoms with Crippen LogP contribution in [0.5, 0.6) is 5.75 Å². The number of aliphatic hydroxyl groups excluding tert-OH is 1. The zero-order chi connectivity index (χ0) is 25.7. The molecule has 1 aromatic heterocycles. The van der Waals surface area contributed by atoms with Crippen molar-refractivity contribution in [2.24, 2.45) is 5.41 Å². The lowest BCUT2D eigenvalue weighted by Gasteiger charge is -2.42. The smallest absolute Gasteiger partial charge is 0.194 e. The number of rotatable bonds is 10. The number of fused-ring (bicyclic) bond motifs is 1. The number of ether oxygens (including phenoxy) is 1. The highest BCUT2D eigenvalue weighted by atomic mass is 35.5. The highest BCUT2D eigenvalue weighted by Crippen LogP contribution is 2.41. The lowest BCUT2D eigenvalue weighted by molar-refractivity contribution is -0.00828. The number of aliphatic hydroxyl groups is 1. The molecule has 4 nitrogen and oxygen atoms in total. The number of nitrogens with zero attached hydrogens (tertiary/aromatic N) is 1. The Hall–Kier alpha value is -2.00. The molecule has 0 spiro atoms. The van der Waals surface area contributed by atoms with Crippen LogP contribution in [0.3, 0.4) is 0 Å². The molecular formula is C27H30ClF3N2O2S. The van der Waals surface area contributed by atoms with Gasteiger partial charge in [0, 0.05) is 22.2 Å². The Balaban J connectivity index is 1.42. The van der Waals surface area contributed by atoms with E-state index in [9.17, 15) is 18.3 Å². The van der Waals surface area contributed by atoms with Gasteiger partial charge < -0.3 is 15.2 Å². The highest BCUT2D eigenvalue weighted by molar-refractivity contribution is 7.99. The molecule has 4 rings (SSSR count). The maximum atomic E-state index is 13.5. The Morgan fingerprint density at radius 3 is 2.58 bits per heavy atom. The highest BCUT2D eigenvalue weighted by Gasteiger charge is 2.38. The minimum Gasteiger partial charge on any atom is -0.497 e. The molecule has 1 fully saturated rings. The molecule has 1 atom stereocenters. The third-order valence-corrected chi connectivity index (χ3v) is 8.49. The molecule has 194 valence electrons. The second-order valence-corrected chi connectivity index (χ2v) is 10.9. The molecule has 2 aromatic carbocycles. The minimum absolute atomic E-state index is 0.252. The molecule has 9 heteroatoms. The van der Waals surface area contributed by atoms with Gasteiger partial charge in [-0.15, -0.1) is 11.8 Å². The van der Waals surface area contributed by atoms with Gasteiger partial charge in [-0.25, -0.2) is 13.2 Å². The molecule has 2 heterocycles. The van der Waals surface area contributed by atoms with E-state index in [1.54, 1.807) is 13.3 Å². The molecule has 3 aromatic rings. The first kappa shape index (κ1) is 27.0. The molecule has 0 saturated carbocycles. The second kappa shape index (κ2) is 12.0.